The lowest BCUT2D eigenvalue weighted by atomic mass is 9.73. The minimum Gasteiger partial charge on any atom is -0.396 e. The number of thiol groups is 1. The molecule has 8 unspecified atom stereocenters. The number of thioether (sulfide) groups is 1. The van der Waals surface area contributed by atoms with Crippen molar-refractivity contribution in [2.75, 3.05) is 13.2 Å². The molecular weight excluding hydrogens is 428 g/mol. The maximum Gasteiger partial charge on any atom is 0.145 e. The normalized spacial score (nSPS) is 24.3. The summed E-state index contributed by atoms with van der Waals surface area (Å²) in [5, 5.41) is 57.1. The molecule has 0 aromatic heterocycles. The molecule has 0 aliphatic carbocycles. The summed E-state index contributed by atoms with van der Waals surface area (Å²) in [5.74, 6) is -1.38. The van der Waals surface area contributed by atoms with Gasteiger partial charge in [0.1, 0.15) is 11.8 Å². The van der Waals surface area contributed by atoms with Crippen molar-refractivity contribution >= 4 is 24.4 Å². The predicted molar refractivity (Wildman–Crippen MR) is 124 cm³/mol. The van der Waals surface area contributed by atoms with Crippen molar-refractivity contribution < 1.29 is 10.2 Å². The molecular formula is C23H34N4O2S2. The second-order valence-corrected chi connectivity index (χ2v) is 10.9. The molecule has 1 saturated heterocycles. The molecule has 8 heteroatoms. The Morgan fingerprint density at radius 3 is 1.90 bits per heavy atom. The van der Waals surface area contributed by atoms with Gasteiger partial charge in [-0.25, -0.2) is 0 Å². The number of hydrogen-bond donors (Lipinski definition) is 3. The van der Waals surface area contributed by atoms with Gasteiger partial charge in [0.15, 0.2) is 0 Å². The highest BCUT2D eigenvalue weighted by atomic mass is 32.2. The SMILES string of the molecule is CC(CCC(S)C(C)C(CO)C(CO)C(C)C1CCC(C(C#N)C#N)S1)C(C#N)C#N. The zero-order chi connectivity index (χ0) is 23.6. The van der Waals surface area contributed by atoms with Crippen LogP contribution in [0.5, 0.6) is 0 Å². The molecule has 1 aliphatic heterocycles. The van der Waals surface area contributed by atoms with Gasteiger partial charge in [-0.3, -0.25) is 0 Å². The molecule has 1 heterocycles. The fourth-order valence-electron chi connectivity index (χ4n) is 4.61. The summed E-state index contributed by atoms with van der Waals surface area (Å²) < 4.78 is 0. The molecule has 0 aromatic rings. The van der Waals surface area contributed by atoms with Gasteiger partial charge in [-0.2, -0.15) is 45.4 Å². The number of nitriles is 4. The third-order valence-corrected chi connectivity index (χ3v) is 9.62. The zero-order valence-electron chi connectivity index (χ0n) is 18.6. The minimum absolute atomic E-state index is 0.000813. The van der Waals surface area contributed by atoms with E-state index in [1.165, 1.54) is 0 Å². The van der Waals surface area contributed by atoms with E-state index in [1.807, 2.05) is 26.0 Å². The second kappa shape index (κ2) is 13.9. The average molecular weight is 463 g/mol. The van der Waals surface area contributed by atoms with Gasteiger partial charge in [-0.1, -0.05) is 20.8 Å². The Morgan fingerprint density at radius 1 is 0.871 bits per heavy atom. The molecule has 6 nitrogen and oxygen atoms in total. The van der Waals surface area contributed by atoms with Crippen molar-refractivity contribution in [3.8, 4) is 24.3 Å². The van der Waals surface area contributed by atoms with Crippen molar-refractivity contribution in [2.24, 2.45) is 41.4 Å². The number of aliphatic hydroxyl groups excluding tert-OH is 2. The molecule has 0 radical (unpaired) electrons. The summed E-state index contributed by atoms with van der Waals surface area (Å²) >= 11 is 6.43. The molecule has 170 valence electrons. The van der Waals surface area contributed by atoms with Crippen LogP contribution >= 0.6 is 24.4 Å². The van der Waals surface area contributed by atoms with Crippen LogP contribution in [0.4, 0.5) is 0 Å². The Labute approximate surface area is 196 Å². The summed E-state index contributed by atoms with van der Waals surface area (Å²) in [4.78, 5) is 0. The van der Waals surface area contributed by atoms with Gasteiger partial charge in [-0.05, 0) is 55.3 Å². The second-order valence-electron chi connectivity index (χ2n) is 8.80. The molecule has 0 amide bonds. The van der Waals surface area contributed by atoms with Crippen molar-refractivity contribution in [2.45, 2.75) is 62.2 Å². The first-order valence-electron chi connectivity index (χ1n) is 10.9. The van der Waals surface area contributed by atoms with Gasteiger partial charge < -0.3 is 10.2 Å². The molecule has 8 atom stereocenters. The summed E-state index contributed by atoms with van der Waals surface area (Å²) in [6, 6.07) is 8.22. The minimum atomic E-state index is -0.632. The van der Waals surface area contributed by atoms with Crippen LogP contribution in [0.2, 0.25) is 0 Å². The first kappa shape index (κ1) is 27.6. The van der Waals surface area contributed by atoms with Crippen molar-refractivity contribution in [1.29, 1.82) is 21.0 Å². The number of rotatable bonds is 12. The quantitative estimate of drug-likeness (QED) is 0.375. The van der Waals surface area contributed by atoms with Crippen molar-refractivity contribution in [1.82, 2.24) is 0 Å². The standard InChI is InChI=1S/C23H34N4O2S2/c1-14(17(8-24)9-25)4-5-21(30)15(2)19(12-28)20(13-29)16(3)22-6-7-23(31-22)18(10-26)11-27/h14-23,28-30H,4-7,12-13H2,1-3H3. The average Bonchev–Trinajstić information content (AvgIpc) is 3.26. The zero-order valence-corrected chi connectivity index (χ0v) is 20.3. The Kier molecular flexibility index (Phi) is 12.4. The van der Waals surface area contributed by atoms with Crippen molar-refractivity contribution in [3.05, 3.63) is 0 Å². The molecule has 31 heavy (non-hydrogen) atoms. The van der Waals surface area contributed by atoms with E-state index in [0.717, 1.165) is 19.3 Å². The van der Waals surface area contributed by atoms with E-state index in [9.17, 15) is 20.7 Å². The van der Waals surface area contributed by atoms with Gasteiger partial charge in [0.2, 0.25) is 0 Å². The Balaban J connectivity index is 2.79. The fraction of sp³-hybridized carbons (Fsp3) is 0.826. The van der Waals surface area contributed by atoms with E-state index in [4.69, 9.17) is 23.2 Å². The number of nitrogens with zero attached hydrogens (tertiary/aromatic N) is 4. The lowest BCUT2D eigenvalue weighted by Gasteiger charge is -2.38. The van der Waals surface area contributed by atoms with E-state index in [0.29, 0.717) is 6.42 Å². The smallest absolute Gasteiger partial charge is 0.145 e. The van der Waals surface area contributed by atoms with Crippen LogP contribution in [0, 0.1) is 86.7 Å². The highest BCUT2D eigenvalue weighted by Crippen LogP contribution is 2.45. The molecule has 0 aromatic carbocycles. The number of aliphatic hydroxyl groups is 2. The van der Waals surface area contributed by atoms with E-state index >= 15 is 0 Å². The Bertz CT molecular complexity index is 695. The van der Waals surface area contributed by atoms with Crippen LogP contribution in [0.15, 0.2) is 0 Å². The first-order valence-corrected chi connectivity index (χ1v) is 12.4. The van der Waals surface area contributed by atoms with Crippen LogP contribution in [-0.4, -0.2) is 39.2 Å². The van der Waals surface area contributed by atoms with Crippen LogP contribution < -0.4 is 0 Å². The number of hydrogen-bond acceptors (Lipinski definition) is 8. The Morgan fingerprint density at radius 2 is 1.42 bits per heavy atom. The topological polar surface area (TPSA) is 136 Å². The highest BCUT2D eigenvalue weighted by Gasteiger charge is 2.40. The summed E-state index contributed by atoms with van der Waals surface area (Å²) in [7, 11) is 0. The van der Waals surface area contributed by atoms with E-state index in [2.05, 4.69) is 19.1 Å². The van der Waals surface area contributed by atoms with Crippen LogP contribution in [-0.2, 0) is 0 Å². The van der Waals surface area contributed by atoms with E-state index < -0.39 is 11.8 Å². The highest BCUT2D eigenvalue weighted by molar-refractivity contribution is 8.00. The molecule has 0 bridgehead atoms. The van der Waals surface area contributed by atoms with Crippen LogP contribution in [0.1, 0.15) is 46.5 Å². The molecule has 0 spiro atoms. The third-order valence-electron chi connectivity index (χ3n) is 7.02. The summed E-state index contributed by atoms with van der Waals surface area (Å²) in [6.45, 7) is 5.93. The van der Waals surface area contributed by atoms with E-state index in [1.54, 1.807) is 11.8 Å². The maximum atomic E-state index is 10.2. The summed E-state index contributed by atoms with van der Waals surface area (Å²) in [5.41, 5.74) is 0. The van der Waals surface area contributed by atoms with Gasteiger partial charge in [0.05, 0.1) is 24.3 Å². The molecule has 2 N–H and O–H groups in total. The molecule has 1 rings (SSSR count). The molecule has 1 fully saturated rings. The first-order chi connectivity index (χ1) is 14.8. The van der Waals surface area contributed by atoms with Gasteiger partial charge in [-0.15, -0.1) is 0 Å². The van der Waals surface area contributed by atoms with E-state index in [-0.39, 0.29) is 58.6 Å². The maximum absolute atomic E-state index is 10.2. The van der Waals surface area contributed by atoms with Gasteiger partial charge in [0, 0.05) is 29.0 Å². The Hall–Kier alpha value is -1.42. The van der Waals surface area contributed by atoms with Crippen LogP contribution in [0.25, 0.3) is 0 Å². The lowest BCUT2D eigenvalue weighted by molar-refractivity contribution is 0.0511. The van der Waals surface area contributed by atoms with Gasteiger partial charge in [0.25, 0.3) is 0 Å². The van der Waals surface area contributed by atoms with Crippen LogP contribution in [0.3, 0.4) is 0 Å². The monoisotopic (exact) mass is 462 g/mol. The summed E-state index contributed by atoms with van der Waals surface area (Å²) in [6.07, 6.45) is 3.13. The fourth-order valence-corrected chi connectivity index (χ4v) is 6.70. The molecule has 0 saturated carbocycles. The lowest BCUT2D eigenvalue weighted by Crippen LogP contribution is -2.39. The largest absolute Gasteiger partial charge is 0.396 e. The predicted octanol–water partition coefficient (Wildman–Crippen LogP) is 3.78. The third kappa shape index (κ3) is 7.30. The molecule has 1 aliphatic rings. The van der Waals surface area contributed by atoms with Gasteiger partial charge >= 0.3 is 0 Å². The van der Waals surface area contributed by atoms with Crippen molar-refractivity contribution in [3.63, 3.8) is 0 Å².